The van der Waals surface area contributed by atoms with Crippen LogP contribution in [-0.2, 0) is 6.42 Å². The SMILES string of the molecule is CC(C)Cc1ccccc1OCC1CC1. The summed E-state index contributed by atoms with van der Waals surface area (Å²) in [4.78, 5) is 0. The van der Waals surface area contributed by atoms with E-state index in [0.717, 1.165) is 24.7 Å². The summed E-state index contributed by atoms with van der Waals surface area (Å²) in [7, 11) is 0. The third-order valence-electron chi connectivity index (χ3n) is 2.77. The Balaban J connectivity index is 1.99. The van der Waals surface area contributed by atoms with Crippen molar-refractivity contribution in [3.05, 3.63) is 29.8 Å². The van der Waals surface area contributed by atoms with Gasteiger partial charge in [-0.05, 0) is 42.7 Å². The molecule has 0 heterocycles. The van der Waals surface area contributed by atoms with Crippen LogP contribution in [0.4, 0.5) is 0 Å². The molecule has 0 radical (unpaired) electrons. The van der Waals surface area contributed by atoms with E-state index in [2.05, 4.69) is 38.1 Å². The molecular formula is C14H20O. The molecule has 0 aliphatic heterocycles. The maximum atomic E-state index is 5.86. The maximum absolute atomic E-state index is 5.86. The van der Waals surface area contributed by atoms with Crippen LogP contribution in [0.3, 0.4) is 0 Å². The molecule has 0 atom stereocenters. The zero-order valence-corrected chi connectivity index (χ0v) is 9.70. The van der Waals surface area contributed by atoms with Gasteiger partial charge in [0.1, 0.15) is 5.75 Å². The van der Waals surface area contributed by atoms with E-state index < -0.39 is 0 Å². The summed E-state index contributed by atoms with van der Waals surface area (Å²) in [5.41, 5.74) is 1.35. The van der Waals surface area contributed by atoms with Gasteiger partial charge in [0.2, 0.25) is 0 Å². The van der Waals surface area contributed by atoms with E-state index in [1.165, 1.54) is 18.4 Å². The minimum atomic E-state index is 0.690. The zero-order valence-electron chi connectivity index (χ0n) is 9.70. The molecule has 1 aromatic rings. The highest BCUT2D eigenvalue weighted by atomic mass is 16.5. The van der Waals surface area contributed by atoms with Crippen LogP contribution in [-0.4, -0.2) is 6.61 Å². The molecule has 1 aromatic carbocycles. The van der Waals surface area contributed by atoms with Crippen LogP contribution < -0.4 is 4.74 Å². The lowest BCUT2D eigenvalue weighted by Crippen LogP contribution is -2.03. The molecule has 0 N–H and O–H groups in total. The van der Waals surface area contributed by atoms with E-state index in [4.69, 9.17) is 4.74 Å². The van der Waals surface area contributed by atoms with E-state index in [1.54, 1.807) is 0 Å². The van der Waals surface area contributed by atoms with Gasteiger partial charge in [-0.1, -0.05) is 32.0 Å². The summed E-state index contributed by atoms with van der Waals surface area (Å²) in [6.45, 7) is 5.41. The minimum absolute atomic E-state index is 0.690. The Bertz CT molecular complexity index is 313. The van der Waals surface area contributed by atoms with E-state index in [9.17, 15) is 0 Å². The number of rotatable bonds is 5. The lowest BCUT2D eigenvalue weighted by Gasteiger charge is -2.12. The molecule has 0 saturated heterocycles. The second kappa shape index (κ2) is 4.69. The molecule has 15 heavy (non-hydrogen) atoms. The Morgan fingerprint density at radius 3 is 2.67 bits per heavy atom. The van der Waals surface area contributed by atoms with Crippen molar-refractivity contribution in [3.63, 3.8) is 0 Å². The summed E-state index contributed by atoms with van der Waals surface area (Å²) in [6.07, 6.45) is 3.82. The maximum Gasteiger partial charge on any atom is 0.122 e. The molecule has 1 aliphatic carbocycles. The van der Waals surface area contributed by atoms with Gasteiger partial charge in [-0.3, -0.25) is 0 Å². The van der Waals surface area contributed by atoms with Crippen LogP contribution in [0, 0.1) is 11.8 Å². The Kier molecular flexibility index (Phi) is 3.30. The van der Waals surface area contributed by atoms with Gasteiger partial charge in [0.05, 0.1) is 6.61 Å². The topological polar surface area (TPSA) is 9.23 Å². The standard InChI is InChI=1S/C14H20O/c1-11(2)9-13-5-3-4-6-14(13)15-10-12-7-8-12/h3-6,11-12H,7-10H2,1-2H3. The first kappa shape index (κ1) is 10.5. The normalized spacial score (nSPS) is 15.7. The fraction of sp³-hybridized carbons (Fsp3) is 0.571. The van der Waals surface area contributed by atoms with E-state index in [0.29, 0.717) is 5.92 Å². The third-order valence-corrected chi connectivity index (χ3v) is 2.77. The first-order chi connectivity index (χ1) is 7.25. The number of benzene rings is 1. The molecule has 0 unspecified atom stereocenters. The van der Waals surface area contributed by atoms with Crippen molar-refractivity contribution in [3.8, 4) is 5.75 Å². The molecule has 0 bridgehead atoms. The van der Waals surface area contributed by atoms with Gasteiger partial charge in [0.15, 0.2) is 0 Å². The predicted molar refractivity (Wildman–Crippen MR) is 63.2 cm³/mol. The molecule has 0 amide bonds. The van der Waals surface area contributed by atoms with Crippen molar-refractivity contribution >= 4 is 0 Å². The van der Waals surface area contributed by atoms with Crippen LogP contribution >= 0.6 is 0 Å². The summed E-state index contributed by atoms with van der Waals surface area (Å²) in [6, 6.07) is 8.44. The first-order valence-electron chi connectivity index (χ1n) is 5.96. The minimum Gasteiger partial charge on any atom is -0.493 e. The van der Waals surface area contributed by atoms with Crippen molar-refractivity contribution in [2.75, 3.05) is 6.61 Å². The molecule has 1 nitrogen and oxygen atoms in total. The Morgan fingerprint density at radius 1 is 1.27 bits per heavy atom. The quantitative estimate of drug-likeness (QED) is 0.711. The summed E-state index contributed by atoms with van der Waals surface area (Å²) < 4.78 is 5.86. The highest BCUT2D eigenvalue weighted by Crippen LogP contribution is 2.30. The van der Waals surface area contributed by atoms with Crippen molar-refractivity contribution < 1.29 is 4.74 Å². The first-order valence-corrected chi connectivity index (χ1v) is 5.96. The Hall–Kier alpha value is -0.980. The van der Waals surface area contributed by atoms with Gasteiger partial charge in [-0.25, -0.2) is 0 Å². The number of hydrogen-bond acceptors (Lipinski definition) is 1. The molecule has 0 aromatic heterocycles. The van der Waals surface area contributed by atoms with Crippen molar-refractivity contribution in [2.24, 2.45) is 11.8 Å². The van der Waals surface area contributed by atoms with Crippen LogP contribution in [0.2, 0.25) is 0 Å². The Morgan fingerprint density at radius 2 is 2.00 bits per heavy atom. The van der Waals surface area contributed by atoms with Crippen LogP contribution in [0.1, 0.15) is 32.3 Å². The molecule has 0 spiro atoms. The number of ether oxygens (including phenoxy) is 1. The zero-order chi connectivity index (χ0) is 10.7. The third kappa shape index (κ3) is 3.26. The second-order valence-electron chi connectivity index (χ2n) is 4.96. The lowest BCUT2D eigenvalue weighted by atomic mass is 10.0. The van der Waals surface area contributed by atoms with Gasteiger partial charge in [-0.15, -0.1) is 0 Å². The molecule has 2 rings (SSSR count). The number of hydrogen-bond donors (Lipinski definition) is 0. The van der Waals surface area contributed by atoms with Crippen molar-refractivity contribution in [1.82, 2.24) is 0 Å². The van der Waals surface area contributed by atoms with Gasteiger partial charge < -0.3 is 4.74 Å². The summed E-state index contributed by atoms with van der Waals surface area (Å²) in [5.74, 6) is 2.62. The Labute approximate surface area is 92.5 Å². The monoisotopic (exact) mass is 204 g/mol. The average Bonchev–Trinajstić information content (AvgIpc) is 2.99. The van der Waals surface area contributed by atoms with Crippen molar-refractivity contribution in [2.45, 2.75) is 33.1 Å². The highest BCUT2D eigenvalue weighted by Gasteiger charge is 2.22. The predicted octanol–water partition coefficient (Wildman–Crippen LogP) is 3.67. The molecule has 1 saturated carbocycles. The van der Waals surface area contributed by atoms with Gasteiger partial charge >= 0.3 is 0 Å². The van der Waals surface area contributed by atoms with E-state index in [1.807, 2.05) is 0 Å². The second-order valence-corrected chi connectivity index (χ2v) is 4.96. The summed E-state index contributed by atoms with van der Waals surface area (Å²) in [5, 5.41) is 0. The van der Waals surface area contributed by atoms with Gasteiger partial charge in [0.25, 0.3) is 0 Å². The summed E-state index contributed by atoms with van der Waals surface area (Å²) >= 11 is 0. The van der Waals surface area contributed by atoms with Gasteiger partial charge in [0, 0.05) is 0 Å². The molecular weight excluding hydrogens is 184 g/mol. The van der Waals surface area contributed by atoms with Crippen LogP contribution in [0.5, 0.6) is 5.75 Å². The molecule has 1 heteroatoms. The molecule has 1 aliphatic rings. The van der Waals surface area contributed by atoms with E-state index >= 15 is 0 Å². The average molecular weight is 204 g/mol. The smallest absolute Gasteiger partial charge is 0.122 e. The largest absolute Gasteiger partial charge is 0.493 e. The lowest BCUT2D eigenvalue weighted by molar-refractivity contribution is 0.296. The van der Waals surface area contributed by atoms with E-state index in [-0.39, 0.29) is 0 Å². The number of para-hydroxylation sites is 1. The van der Waals surface area contributed by atoms with Crippen LogP contribution in [0.25, 0.3) is 0 Å². The van der Waals surface area contributed by atoms with Crippen molar-refractivity contribution in [1.29, 1.82) is 0 Å². The fourth-order valence-electron chi connectivity index (χ4n) is 1.75. The van der Waals surface area contributed by atoms with Gasteiger partial charge in [-0.2, -0.15) is 0 Å². The fourth-order valence-corrected chi connectivity index (χ4v) is 1.75. The molecule has 82 valence electrons. The van der Waals surface area contributed by atoms with Crippen LogP contribution in [0.15, 0.2) is 24.3 Å². The molecule has 1 fully saturated rings. The highest BCUT2D eigenvalue weighted by molar-refractivity contribution is 5.33.